The van der Waals surface area contributed by atoms with Gasteiger partial charge in [0.05, 0.1) is 6.04 Å². The van der Waals surface area contributed by atoms with Crippen LogP contribution in [0.1, 0.15) is 39.5 Å². The Kier molecular flexibility index (Phi) is 10.1. The molecule has 11 nitrogen and oxygen atoms in total. The standard InChI is InChI=1S/C18H31N5O6S/c1-9(2)14(16(26)21-11(18(28)29)5-6-13(20)24)22-15(25)12-4-3-7-23(12)17(27)10(19)8-30/h9-12,14,30H,3-8,19H2,1-2H3,(H2,20,24)(H,21,26)(H,22,25)(H,28,29)/t10-,11-,12-,14-/m0/s1. The van der Waals surface area contributed by atoms with Gasteiger partial charge < -0.3 is 32.1 Å². The van der Waals surface area contributed by atoms with Crippen LogP contribution in [0.5, 0.6) is 0 Å². The number of hydrogen-bond donors (Lipinski definition) is 6. The largest absolute Gasteiger partial charge is 0.480 e. The number of carboxylic acids is 1. The minimum absolute atomic E-state index is 0.141. The van der Waals surface area contributed by atoms with Crippen LogP contribution in [0.2, 0.25) is 0 Å². The van der Waals surface area contributed by atoms with Gasteiger partial charge in [0.2, 0.25) is 23.6 Å². The first-order valence-electron chi connectivity index (χ1n) is 9.78. The third kappa shape index (κ3) is 7.17. The van der Waals surface area contributed by atoms with Gasteiger partial charge in [-0.05, 0) is 25.2 Å². The highest BCUT2D eigenvalue weighted by molar-refractivity contribution is 7.80. The summed E-state index contributed by atoms with van der Waals surface area (Å²) in [6.45, 7) is 3.77. The monoisotopic (exact) mass is 445 g/mol. The van der Waals surface area contributed by atoms with Gasteiger partial charge in [-0.25, -0.2) is 4.79 Å². The number of nitrogens with one attached hydrogen (secondary N) is 2. The van der Waals surface area contributed by atoms with Crippen molar-refractivity contribution in [2.45, 2.75) is 63.7 Å². The molecule has 0 radical (unpaired) electrons. The predicted molar refractivity (Wildman–Crippen MR) is 111 cm³/mol. The highest BCUT2D eigenvalue weighted by Gasteiger charge is 2.38. The lowest BCUT2D eigenvalue weighted by atomic mass is 10.0. The Morgan fingerprint density at radius 1 is 1.20 bits per heavy atom. The summed E-state index contributed by atoms with van der Waals surface area (Å²) < 4.78 is 0. The van der Waals surface area contributed by atoms with Crippen LogP contribution in [0.3, 0.4) is 0 Å². The van der Waals surface area contributed by atoms with Crippen LogP contribution >= 0.6 is 12.6 Å². The van der Waals surface area contributed by atoms with Gasteiger partial charge in [0, 0.05) is 18.7 Å². The third-order valence-electron chi connectivity index (χ3n) is 4.89. The first-order valence-corrected chi connectivity index (χ1v) is 10.4. The molecule has 4 amide bonds. The molecule has 1 rings (SSSR count). The fraction of sp³-hybridized carbons (Fsp3) is 0.722. The highest BCUT2D eigenvalue weighted by atomic mass is 32.1. The minimum Gasteiger partial charge on any atom is -0.480 e. The molecule has 30 heavy (non-hydrogen) atoms. The molecule has 0 saturated carbocycles. The molecule has 12 heteroatoms. The summed E-state index contributed by atoms with van der Waals surface area (Å²) in [7, 11) is 0. The van der Waals surface area contributed by atoms with E-state index in [1.165, 1.54) is 4.90 Å². The molecule has 0 unspecified atom stereocenters. The molecule has 1 aliphatic heterocycles. The van der Waals surface area contributed by atoms with Crippen LogP contribution in [0.4, 0.5) is 0 Å². The summed E-state index contributed by atoms with van der Waals surface area (Å²) in [4.78, 5) is 61.5. The topological polar surface area (TPSA) is 185 Å². The van der Waals surface area contributed by atoms with E-state index in [-0.39, 0.29) is 30.4 Å². The molecule has 4 atom stereocenters. The van der Waals surface area contributed by atoms with E-state index in [1.54, 1.807) is 13.8 Å². The number of primary amides is 1. The fourth-order valence-electron chi connectivity index (χ4n) is 3.18. The van der Waals surface area contributed by atoms with Crippen LogP contribution in [-0.4, -0.2) is 76.1 Å². The van der Waals surface area contributed by atoms with Crippen LogP contribution in [0.25, 0.3) is 0 Å². The van der Waals surface area contributed by atoms with Crippen molar-refractivity contribution in [1.29, 1.82) is 0 Å². The Labute approximate surface area is 180 Å². The second kappa shape index (κ2) is 11.7. The van der Waals surface area contributed by atoms with E-state index < -0.39 is 47.9 Å². The number of carboxylic acid groups (broad SMARTS) is 1. The lowest BCUT2D eigenvalue weighted by Crippen LogP contribution is -2.58. The third-order valence-corrected chi connectivity index (χ3v) is 5.29. The van der Waals surface area contributed by atoms with E-state index in [0.717, 1.165) is 0 Å². The predicted octanol–water partition coefficient (Wildman–Crippen LogP) is -1.79. The van der Waals surface area contributed by atoms with Gasteiger partial charge >= 0.3 is 5.97 Å². The van der Waals surface area contributed by atoms with Crippen molar-refractivity contribution >= 4 is 42.2 Å². The zero-order valence-electron chi connectivity index (χ0n) is 17.2. The number of carbonyl (C=O) groups is 5. The number of amides is 4. The Balaban J connectivity index is 2.85. The molecule has 170 valence electrons. The van der Waals surface area contributed by atoms with E-state index >= 15 is 0 Å². The smallest absolute Gasteiger partial charge is 0.326 e. The average molecular weight is 446 g/mol. The van der Waals surface area contributed by atoms with Crippen LogP contribution < -0.4 is 22.1 Å². The molecule has 1 heterocycles. The number of hydrogen-bond acceptors (Lipinski definition) is 7. The average Bonchev–Trinajstić information content (AvgIpc) is 3.16. The molecule has 0 aliphatic carbocycles. The normalized spacial score (nSPS) is 19.1. The van der Waals surface area contributed by atoms with Crippen molar-refractivity contribution in [3.63, 3.8) is 0 Å². The van der Waals surface area contributed by atoms with Gasteiger partial charge in [0.15, 0.2) is 0 Å². The summed E-state index contributed by atoms with van der Waals surface area (Å²) in [6, 6.07) is -3.93. The Bertz CT molecular complexity index is 673. The van der Waals surface area contributed by atoms with E-state index in [4.69, 9.17) is 11.5 Å². The molecular formula is C18H31N5O6S. The summed E-state index contributed by atoms with van der Waals surface area (Å²) in [6.07, 6.45) is 0.678. The zero-order valence-corrected chi connectivity index (χ0v) is 18.1. The van der Waals surface area contributed by atoms with Crippen molar-refractivity contribution in [2.75, 3.05) is 12.3 Å². The maximum atomic E-state index is 12.8. The van der Waals surface area contributed by atoms with E-state index in [1.807, 2.05) is 0 Å². The van der Waals surface area contributed by atoms with E-state index in [2.05, 4.69) is 23.3 Å². The van der Waals surface area contributed by atoms with Crippen molar-refractivity contribution in [3.05, 3.63) is 0 Å². The number of thiol groups is 1. The van der Waals surface area contributed by atoms with E-state index in [0.29, 0.717) is 19.4 Å². The lowest BCUT2D eigenvalue weighted by molar-refractivity contribution is -0.143. The van der Waals surface area contributed by atoms with Crippen LogP contribution in [-0.2, 0) is 24.0 Å². The SMILES string of the molecule is CC(C)[C@H](NC(=O)[C@@H]1CCCN1C(=O)[C@@H](N)CS)C(=O)N[C@@H](CCC(N)=O)C(=O)O. The lowest BCUT2D eigenvalue weighted by Gasteiger charge is -2.29. The first-order chi connectivity index (χ1) is 14.0. The van der Waals surface area contributed by atoms with Gasteiger partial charge in [0.25, 0.3) is 0 Å². The molecular weight excluding hydrogens is 414 g/mol. The minimum atomic E-state index is -1.32. The van der Waals surface area contributed by atoms with Crippen molar-refractivity contribution < 1.29 is 29.1 Å². The number of nitrogens with zero attached hydrogens (tertiary/aromatic N) is 1. The molecule has 7 N–H and O–H groups in total. The van der Waals surface area contributed by atoms with Crippen molar-refractivity contribution in [1.82, 2.24) is 15.5 Å². The summed E-state index contributed by atoms with van der Waals surface area (Å²) in [5.41, 5.74) is 10.8. The number of carbonyl (C=O) groups excluding carboxylic acids is 4. The maximum absolute atomic E-state index is 12.8. The zero-order chi connectivity index (χ0) is 23.0. The Hall–Kier alpha value is -2.34. The van der Waals surface area contributed by atoms with Gasteiger partial charge in [-0.15, -0.1) is 0 Å². The Morgan fingerprint density at radius 3 is 2.33 bits per heavy atom. The highest BCUT2D eigenvalue weighted by Crippen LogP contribution is 2.19. The number of likely N-dealkylation sites (tertiary alicyclic amines) is 1. The first kappa shape index (κ1) is 25.7. The van der Waals surface area contributed by atoms with Gasteiger partial charge in [-0.2, -0.15) is 12.6 Å². The molecule has 0 spiro atoms. The van der Waals surface area contributed by atoms with Crippen molar-refractivity contribution in [2.24, 2.45) is 17.4 Å². The van der Waals surface area contributed by atoms with Gasteiger partial charge in [-0.1, -0.05) is 13.8 Å². The maximum Gasteiger partial charge on any atom is 0.326 e. The van der Waals surface area contributed by atoms with Crippen LogP contribution in [0, 0.1) is 5.92 Å². The van der Waals surface area contributed by atoms with Gasteiger partial charge in [0.1, 0.15) is 18.1 Å². The molecule has 1 saturated heterocycles. The molecule has 0 bridgehead atoms. The second-order valence-electron chi connectivity index (χ2n) is 7.61. The molecule has 1 fully saturated rings. The second-order valence-corrected chi connectivity index (χ2v) is 7.98. The quantitative estimate of drug-likeness (QED) is 0.203. The summed E-state index contributed by atoms with van der Waals surface area (Å²) in [5.74, 6) is -3.80. The fourth-order valence-corrected chi connectivity index (χ4v) is 3.34. The molecule has 0 aromatic carbocycles. The van der Waals surface area contributed by atoms with E-state index in [9.17, 15) is 29.1 Å². The summed E-state index contributed by atoms with van der Waals surface area (Å²) in [5, 5.41) is 14.2. The summed E-state index contributed by atoms with van der Waals surface area (Å²) >= 11 is 4.01. The Morgan fingerprint density at radius 2 is 1.83 bits per heavy atom. The molecule has 1 aliphatic rings. The molecule has 0 aromatic rings. The van der Waals surface area contributed by atoms with Gasteiger partial charge in [-0.3, -0.25) is 19.2 Å². The number of rotatable bonds is 11. The van der Waals surface area contributed by atoms with Crippen molar-refractivity contribution in [3.8, 4) is 0 Å². The van der Waals surface area contributed by atoms with Crippen LogP contribution in [0.15, 0.2) is 0 Å². The number of nitrogens with two attached hydrogens (primary N) is 2. The number of aliphatic carboxylic acids is 1. The molecule has 0 aromatic heterocycles.